The second-order valence-corrected chi connectivity index (χ2v) is 5.70. The van der Waals surface area contributed by atoms with E-state index < -0.39 is 5.54 Å². The molecule has 0 unspecified atom stereocenters. The van der Waals surface area contributed by atoms with E-state index in [0.717, 1.165) is 12.8 Å². The first-order valence-electron chi connectivity index (χ1n) is 7.64. The predicted octanol–water partition coefficient (Wildman–Crippen LogP) is 0.231. The molecule has 2 fully saturated rings. The molecule has 0 radical (unpaired) electrons. The largest absolute Gasteiger partial charge is 0.450 e. The molecule has 0 aliphatic carbocycles. The van der Waals surface area contributed by atoms with E-state index in [0.29, 0.717) is 45.8 Å². The Kier molecular flexibility index (Phi) is 5.41. The number of piperidine rings is 1. The summed E-state index contributed by atoms with van der Waals surface area (Å²) in [6.07, 6.45) is 2.30. The third kappa shape index (κ3) is 4.07. The van der Waals surface area contributed by atoms with Crippen LogP contribution in [-0.2, 0) is 14.3 Å². The zero-order valence-electron chi connectivity index (χ0n) is 12.6. The molecule has 2 rings (SSSR count). The van der Waals surface area contributed by atoms with E-state index in [2.05, 4.69) is 5.32 Å². The molecule has 0 aromatic rings. The maximum Gasteiger partial charge on any atom is 0.409 e. The fourth-order valence-electron chi connectivity index (χ4n) is 2.71. The van der Waals surface area contributed by atoms with Gasteiger partial charge in [-0.3, -0.25) is 4.79 Å². The van der Waals surface area contributed by atoms with E-state index >= 15 is 0 Å². The number of nitrogens with two attached hydrogens (primary N) is 1. The molecule has 2 heterocycles. The molecule has 3 N–H and O–H groups in total. The first kappa shape index (κ1) is 16.0. The highest BCUT2D eigenvalue weighted by molar-refractivity contribution is 5.86. The fourth-order valence-corrected chi connectivity index (χ4v) is 2.71. The number of ether oxygens (including phenoxy) is 2. The molecule has 120 valence electrons. The van der Waals surface area contributed by atoms with E-state index in [4.69, 9.17) is 15.2 Å². The van der Waals surface area contributed by atoms with Crippen molar-refractivity contribution in [1.29, 1.82) is 0 Å². The highest BCUT2D eigenvalue weighted by atomic mass is 16.6. The Bertz CT molecular complexity index is 374. The van der Waals surface area contributed by atoms with Gasteiger partial charge in [-0.2, -0.15) is 0 Å². The Hall–Kier alpha value is -1.34. The highest BCUT2D eigenvalue weighted by Gasteiger charge is 2.37. The molecule has 2 saturated heterocycles. The van der Waals surface area contributed by atoms with Gasteiger partial charge in [0.2, 0.25) is 5.91 Å². The third-order valence-corrected chi connectivity index (χ3v) is 4.19. The average molecular weight is 299 g/mol. The summed E-state index contributed by atoms with van der Waals surface area (Å²) >= 11 is 0. The SMILES string of the molecule is CCOC(=O)N1CCC(NC(=O)C2(N)CCOCC2)CC1. The Morgan fingerprint density at radius 1 is 1.33 bits per heavy atom. The van der Waals surface area contributed by atoms with Crippen LogP contribution in [-0.4, -0.2) is 61.4 Å². The normalized spacial score (nSPS) is 22.7. The second-order valence-electron chi connectivity index (χ2n) is 5.70. The van der Waals surface area contributed by atoms with Crippen LogP contribution < -0.4 is 11.1 Å². The van der Waals surface area contributed by atoms with E-state index in [-0.39, 0.29) is 18.0 Å². The Labute approximate surface area is 125 Å². The number of nitrogens with zero attached hydrogens (tertiary/aromatic N) is 1. The van der Waals surface area contributed by atoms with Crippen LogP contribution in [0.25, 0.3) is 0 Å². The summed E-state index contributed by atoms with van der Waals surface area (Å²) in [6, 6.07) is 0.0754. The number of nitrogens with one attached hydrogen (secondary N) is 1. The smallest absolute Gasteiger partial charge is 0.409 e. The van der Waals surface area contributed by atoms with Gasteiger partial charge < -0.3 is 25.4 Å². The Morgan fingerprint density at radius 3 is 2.52 bits per heavy atom. The number of carbonyl (C=O) groups excluding carboxylic acids is 2. The van der Waals surface area contributed by atoms with Crippen molar-refractivity contribution in [3.8, 4) is 0 Å². The topological polar surface area (TPSA) is 93.9 Å². The number of carbonyl (C=O) groups is 2. The molecule has 21 heavy (non-hydrogen) atoms. The summed E-state index contributed by atoms with van der Waals surface area (Å²) in [5.74, 6) is -0.0969. The number of hydrogen-bond donors (Lipinski definition) is 2. The molecule has 0 spiro atoms. The van der Waals surface area contributed by atoms with Gasteiger partial charge in [0.25, 0.3) is 0 Å². The summed E-state index contributed by atoms with van der Waals surface area (Å²) in [4.78, 5) is 25.6. The van der Waals surface area contributed by atoms with Crippen molar-refractivity contribution in [2.75, 3.05) is 32.9 Å². The number of rotatable bonds is 3. The van der Waals surface area contributed by atoms with Crippen LogP contribution in [0.1, 0.15) is 32.6 Å². The van der Waals surface area contributed by atoms with Crippen LogP contribution in [0.3, 0.4) is 0 Å². The molecule has 0 saturated carbocycles. The van der Waals surface area contributed by atoms with Gasteiger partial charge in [0.05, 0.1) is 12.1 Å². The molecule has 7 heteroatoms. The number of hydrogen-bond acceptors (Lipinski definition) is 5. The highest BCUT2D eigenvalue weighted by Crippen LogP contribution is 2.19. The average Bonchev–Trinajstić information content (AvgIpc) is 2.49. The van der Waals surface area contributed by atoms with E-state index in [1.54, 1.807) is 11.8 Å². The molecule has 0 atom stereocenters. The lowest BCUT2D eigenvalue weighted by atomic mass is 9.89. The first-order valence-corrected chi connectivity index (χ1v) is 7.64. The lowest BCUT2D eigenvalue weighted by Gasteiger charge is -2.36. The maximum atomic E-state index is 12.3. The van der Waals surface area contributed by atoms with Gasteiger partial charge in [0.15, 0.2) is 0 Å². The number of likely N-dealkylation sites (tertiary alicyclic amines) is 1. The van der Waals surface area contributed by atoms with E-state index in [1.165, 1.54) is 0 Å². The molecule has 2 aliphatic heterocycles. The molecule has 2 amide bonds. The fraction of sp³-hybridized carbons (Fsp3) is 0.857. The third-order valence-electron chi connectivity index (χ3n) is 4.19. The van der Waals surface area contributed by atoms with Crippen LogP contribution >= 0.6 is 0 Å². The van der Waals surface area contributed by atoms with E-state index in [1.807, 2.05) is 0 Å². The summed E-state index contributed by atoms with van der Waals surface area (Å²) in [5.41, 5.74) is 5.35. The first-order chi connectivity index (χ1) is 10.0. The van der Waals surface area contributed by atoms with Crippen LogP contribution in [0.2, 0.25) is 0 Å². The van der Waals surface area contributed by atoms with Crippen molar-refractivity contribution in [2.24, 2.45) is 5.73 Å². The van der Waals surface area contributed by atoms with Crippen LogP contribution in [0.15, 0.2) is 0 Å². The van der Waals surface area contributed by atoms with Gasteiger partial charge in [-0.25, -0.2) is 4.79 Å². The van der Waals surface area contributed by atoms with Gasteiger partial charge in [0, 0.05) is 32.3 Å². The summed E-state index contributed by atoms with van der Waals surface area (Å²) in [5, 5.41) is 3.02. The monoisotopic (exact) mass is 299 g/mol. The van der Waals surface area contributed by atoms with Gasteiger partial charge in [-0.05, 0) is 32.6 Å². The molecule has 0 bridgehead atoms. The van der Waals surface area contributed by atoms with Crippen molar-refractivity contribution >= 4 is 12.0 Å². The summed E-state index contributed by atoms with van der Waals surface area (Å²) < 4.78 is 10.2. The van der Waals surface area contributed by atoms with Crippen LogP contribution in [0.5, 0.6) is 0 Å². The van der Waals surface area contributed by atoms with Gasteiger partial charge in [0.1, 0.15) is 0 Å². The predicted molar refractivity (Wildman–Crippen MR) is 76.7 cm³/mol. The Morgan fingerprint density at radius 2 is 1.95 bits per heavy atom. The Balaban J connectivity index is 1.78. The minimum absolute atomic E-state index is 0.0754. The van der Waals surface area contributed by atoms with Gasteiger partial charge >= 0.3 is 6.09 Å². The zero-order chi connectivity index (χ0) is 15.3. The standard InChI is InChI=1S/C14H25N3O4/c1-2-21-13(19)17-7-3-11(4-8-17)16-12(18)14(15)5-9-20-10-6-14/h11H,2-10,15H2,1H3,(H,16,18). The van der Waals surface area contributed by atoms with Gasteiger partial charge in [-0.15, -0.1) is 0 Å². The van der Waals surface area contributed by atoms with Crippen LogP contribution in [0, 0.1) is 0 Å². The van der Waals surface area contributed by atoms with E-state index in [9.17, 15) is 9.59 Å². The minimum Gasteiger partial charge on any atom is -0.450 e. The molecule has 2 aliphatic rings. The summed E-state index contributed by atoms with van der Waals surface area (Å²) in [6.45, 7) is 4.44. The molecular formula is C14H25N3O4. The van der Waals surface area contributed by atoms with Crippen LogP contribution in [0.4, 0.5) is 4.79 Å². The van der Waals surface area contributed by atoms with Gasteiger partial charge in [-0.1, -0.05) is 0 Å². The maximum absolute atomic E-state index is 12.3. The van der Waals surface area contributed by atoms with Crippen molar-refractivity contribution in [2.45, 2.75) is 44.2 Å². The zero-order valence-corrected chi connectivity index (χ0v) is 12.6. The van der Waals surface area contributed by atoms with Crippen molar-refractivity contribution in [3.63, 3.8) is 0 Å². The lowest BCUT2D eigenvalue weighted by molar-refractivity contribution is -0.130. The molecular weight excluding hydrogens is 274 g/mol. The second kappa shape index (κ2) is 7.09. The molecule has 0 aromatic carbocycles. The number of amides is 2. The minimum atomic E-state index is -0.809. The summed E-state index contributed by atoms with van der Waals surface area (Å²) in [7, 11) is 0. The van der Waals surface area contributed by atoms with Crippen molar-refractivity contribution in [3.05, 3.63) is 0 Å². The quantitative estimate of drug-likeness (QED) is 0.778. The molecule has 0 aromatic heterocycles. The van der Waals surface area contributed by atoms with Crippen molar-refractivity contribution < 1.29 is 19.1 Å². The lowest BCUT2D eigenvalue weighted by Crippen LogP contribution is -2.59. The molecule has 7 nitrogen and oxygen atoms in total. The van der Waals surface area contributed by atoms with Crippen molar-refractivity contribution in [1.82, 2.24) is 10.2 Å².